The molecule has 1 atom stereocenters. The Bertz CT molecular complexity index is 1070. The van der Waals surface area contributed by atoms with E-state index in [1.54, 1.807) is 10.9 Å². The summed E-state index contributed by atoms with van der Waals surface area (Å²) < 4.78 is 1.75. The summed E-state index contributed by atoms with van der Waals surface area (Å²) in [5.41, 5.74) is 3.20. The van der Waals surface area contributed by atoms with E-state index in [0.29, 0.717) is 23.2 Å². The van der Waals surface area contributed by atoms with Gasteiger partial charge in [-0.3, -0.25) is 9.78 Å². The van der Waals surface area contributed by atoms with Crippen molar-refractivity contribution in [2.45, 2.75) is 25.3 Å². The van der Waals surface area contributed by atoms with E-state index < -0.39 is 0 Å². The van der Waals surface area contributed by atoms with E-state index in [0.717, 1.165) is 35.4 Å². The number of Topliss-reactive ketones (excluding diaryl/α,β-unsaturated/α-hetero) is 1. The lowest BCUT2D eigenvalue weighted by atomic mass is 9.87. The number of carbonyl (C=O) groups is 1. The molecule has 2 aromatic heterocycles. The zero-order valence-corrected chi connectivity index (χ0v) is 15.1. The summed E-state index contributed by atoms with van der Waals surface area (Å²) in [5.74, 6) is 1.27. The van der Waals surface area contributed by atoms with Crippen molar-refractivity contribution in [1.29, 1.82) is 0 Å². The highest BCUT2D eigenvalue weighted by molar-refractivity contribution is 6.33. The molecule has 0 saturated carbocycles. The van der Waals surface area contributed by atoms with Gasteiger partial charge in [-0.05, 0) is 37.1 Å². The Morgan fingerprint density at radius 3 is 2.78 bits per heavy atom. The predicted molar refractivity (Wildman–Crippen MR) is 102 cm³/mol. The molecule has 0 fully saturated rings. The number of aromatic nitrogens is 4. The van der Waals surface area contributed by atoms with E-state index in [2.05, 4.69) is 15.3 Å². The van der Waals surface area contributed by atoms with Gasteiger partial charge >= 0.3 is 0 Å². The van der Waals surface area contributed by atoms with E-state index in [4.69, 9.17) is 16.7 Å². The van der Waals surface area contributed by atoms with Crippen LogP contribution in [0.2, 0.25) is 5.02 Å². The molecule has 2 aliphatic rings. The number of benzene rings is 1. The molecule has 7 heteroatoms. The normalized spacial score (nSPS) is 18.7. The minimum Gasteiger partial charge on any atom is -0.328 e. The summed E-state index contributed by atoms with van der Waals surface area (Å²) in [6, 6.07) is 12.8. The first kappa shape index (κ1) is 16.2. The second kappa shape index (κ2) is 6.32. The quantitative estimate of drug-likeness (QED) is 0.730. The highest BCUT2D eigenvalue weighted by Crippen LogP contribution is 2.40. The van der Waals surface area contributed by atoms with Crippen LogP contribution in [0.4, 0.5) is 5.95 Å². The van der Waals surface area contributed by atoms with Crippen LogP contribution in [-0.4, -0.2) is 25.5 Å². The molecule has 1 unspecified atom stereocenters. The van der Waals surface area contributed by atoms with Gasteiger partial charge < -0.3 is 5.32 Å². The second-order valence-electron chi connectivity index (χ2n) is 6.63. The van der Waals surface area contributed by atoms with Gasteiger partial charge in [0.15, 0.2) is 11.6 Å². The fourth-order valence-corrected chi connectivity index (χ4v) is 3.94. The molecule has 0 radical (unpaired) electrons. The van der Waals surface area contributed by atoms with Gasteiger partial charge in [0.05, 0.1) is 10.7 Å². The number of anilines is 1. The molecule has 6 nitrogen and oxygen atoms in total. The van der Waals surface area contributed by atoms with Gasteiger partial charge in [0.2, 0.25) is 5.95 Å². The van der Waals surface area contributed by atoms with Crippen LogP contribution in [0.15, 0.2) is 59.9 Å². The fraction of sp³-hybridized carbons (Fsp3) is 0.200. The lowest BCUT2D eigenvalue weighted by Gasteiger charge is -2.31. The van der Waals surface area contributed by atoms with Crippen LogP contribution in [0.1, 0.15) is 31.0 Å². The SMILES string of the molecule is O=C1CCCC2=C1C(c1ccccn1)n1nc(-c3ccccc3Cl)nc1N2. The summed E-state index contributed by atoms with van der Waals surface area (Å²) >= 11 is 6.33. The average Bonchev–Trinajstić information content (AvgIpc) is 3.11. The number of allylic oxidation sites excluding steroid dienone is 2. The van der Waals surface area contributed by atoms with E-state index >= 15 is 0 Å². The predicted octanol–water partition coefficient (Wildman–Crippen LogP) is 4.02. The van der Waals surface area contributed by atoms with Crippen molar-refractivity contribution in [3.63, 3.8) is 0 Å². The highest BCUT2D eigenvalue weighted by atomic mass is 35.5. The number of pyridine rings is 1. The van der Waals surface area contributed by atoms with E-state index in [-0.39, 0.29) is 11.8 Å². The van der Waals surface area contributed by atoms with Gasteiger partial charge in [0.25, 0.3) is 0 Å². The molecule has 0 saturated heterocycles. The van der Waals surface area contributed by atoms with Gasteiger partial charge in [-0.2, -0.15) is 4.98 Å². The van der Waals surface area contributed by atoms with Gasteiger partial charge in [0.1, 0.15) is 6.04 Å². The van der Waals surface area contributed by atoms with Crippen molar-refractivity contribution >= 4 is 23.3 Å². The Balaban J connectivity index is 1.70. The molecule has 1 N–H and O–H groups in total. The number of carbonyl (C=O) groups excluding carboxylic acids is 1. The molecule has 0 bridgehead atoms. The number of hydrogen-bond acceptors (Lipinski definition) is 5. The smallest absolute Gasteiger partial charge is 0.226 e. The molecule has 1 aromatic carbocycles. The number of hydrogen-bond donors (Lipinski definition) is 1. The summed E-state index contributed by atoms with van der Waals surface area (Å²) in [7, 11) is 0. The van der Waals surface area contributed by atoms with Gasteiger partial charge in [-0.25, -0.2) is 4.68 Å². The maximum absolute atomic E-state index is 12.7. The van der Waals surface area contributed by atoms with Crippen molar-refractivity contribution in [2.24, 2.45) is 0 Å². The maximum atomic E-state index is 12.7. The zero-order valence-electron chi connectivity index (χ0n) is 14.4. The minimum absolute atomic E-state index is 0.139. The Labute approximate surface area is 160 Å². The first-order valence-corrected chi connectivity index (χ1v) is 9.26. The van der Waals surface area contributed by atoms with Gasteiger partial charge in [-0.1, -0.05) is 29.8 Å². The van der Waals surface area contributed by atoms with Crippen molar-refractivity contribution in [3.8, 4) is 11.4 Å². The van der Waals surface area contributed by atoms with Gasteiger partial charge in [0, 0.05) is 29.5 Å². The maximum Gasteiger partial charge on any atom is 0.226 e. The Kier molecular flexibility index (Phi) is 3.79. The third-order valence-corrected chi connectivity index (χ3v) is 5.28. The number of halogens is 1. The Morgan fingerprint density at radius 2 is 1.96 bits per heavy atom. The molecule has 5 rings (SSSR count). The zero-order chi connectivity index (χ0) is 18.4. The summed E-state index contributed by atoms with van der Waals surface area (Å²) in [4.78, 5) is 21.9. The molecular formula is C20H16ClN5O. The van der Waals surface area contributed by atoms with E-state index in [9.17, 15) is 4.79 Å². The second-order valence-corrected chi connectivity index (χ2v) is 7.04. The minimum atomic E-state index is -0.381. The van der Waals surface area contributed by atoms with Crippen molar-refractivity contribution in [1.82, 2.24) is 19.7 Å². The first-order valence-electron chi connectivity index (χ1n) is 8.88. The topological polar surface area (TPSA) is 72.7 Å². The largest absolute Gasteiger partial charge is 0.328 e. The highest BCUT2D eigenvalue weighted by Gasteiger charge is 2.37. The number of fused-ring (bicyclic) bond motifs is 1. The van der Waals surface area contributed by atoms with Crippen LogP contribution >= 0.6 is 11.6 Å². The van der Waals surface area contributed by atoms with Crippen molar-refractivity contribution in [3.05, 3.63) is 70.6 Å². The molecule has 1 aliphatic heterocycles. The lowest BCUT2D eigenvalue weighted by molar-refractivity contribution is -0.116. The Hall–Kier alpha value is -2.99. The van der Waals surface area contributed by atoms with Crippen LogP contribution in [0.3, 0.4) is 0 Å². The average molecular weight is 378 g/mol. The van der Waals surface area contributed by atoms with Crippen LogP contribution in [0.5, 0.6) is 0 Å². The van der Waals surface area contributed by atoms with Crippen LogP contribution in [0, 0.1) is 0 Å². The molecule has 1 aliphatic carbocycles. The molecule has 3 aromatic rings. The molecule has 0 spiro atoms. The first-order chi connectivity index (χ1) is 13.2. The summed E-state index contributed by atoms with van der Waals surface area (Å²) in [5, 5.41) is 8.60. The number of nitrogens with one attached hydrogen (secondary N) is 1. The third-order valence-electron chi connectivity index (χ3n) is 4.95. The van der Waals surface area contributed by atoms with Crippen molar-refractivity contribution in [2.75, 3.05) is 5.32 Å². The standard InChI is InChI=1S/C20H16ClN5O/c21-13-7-2-1-6-12(13)19-24-20-23-14-9-5-10-16(27)17(14)18(26(20)25-19)15-8-3-4-11-22-15/h1-4,6-8,11,18H,5,9-10H2,(H,23,24,25). The molecule has 0 amide bonds. The molecule has 134 valence electrons. The van der Waals surface area contributed by atoms with Gasteiger partial charge in [-0.15, -0.1) is 5.10 Å². The number of rotatable bonds is 2. The summed E-state index contributed by atoms with van der Waals surface area (Å²) in [6.07, 6.45) is 3.94. The van der Waals surface area contributed by atoms with Crippen LogP contribution in [0.25, 0.3) is 11.4 Å². The summed E-state index contributed by atoms with van der Waals surface area (Å²) in [6.45, 7) is 0. The van der Waals surface area contributed by atoms with E-state index in [1.165, 1.54) is 0 Å². The van der Waals surface area contributed by atoms with E-state index in [1.807, 2.05) is 42.5 Å². The van der Waals surface area contributed by atoms with Crippen LogP contribution in [-0.2, 0) is 4.79 Å². The third kappa shape index (κ3) is 2.64. The fourth-order valence-electron chi connectivity index (χ4n) is 3.72. The molecule has 3 heterocycles. The number of ketones is 1. The number of nitrogens with zero attached hydrogens (tertiary/aromatic N) is 4. The van der Waals surface area contributed by atoms with Crippen molar-refractivity contribution < 1.29 is 4.79 Å². The monoisotopic (exact) mass is 377 g/mol. The molecular weight excluding hydrogens is 362 g/mol. The Morgan fingerprint density at radius 1 is 1.11 bits per heavy atom. The molecule has 27 heavy (non-hydrogen) atoms. The lowest BCUT2D eigenvalue weighted by Crippen LogP contribution is -2.32. The van der Waals surface area contributed by atoms with Crippen LogP contribution < -0.4 is 5.32 Å².